The average Bonchev–Trinajstić information content (AvgIpc) is 3.23. The number of hydrogen-bond donors (Lipinski definition) is 1. The highest BCUT2D eigenvalue weighted by Gasteiger charge is 2.26. The summed E-state index contributed by atoms with van der Waals surface area (Å²) in [7, 11) is 0. The Labute approximate surface area is 140 Å². The van der Waals surface area contributed by atoms with Gasteiger partial charge in [0.15, 0.2) is 0 Å². The summed E-state index contributed by atoms with van der Waals surface area (Å²) in [5, 5.41) is 7.69. The highest BCUT2D eigenvalue weighted by atomic mass is 19.1. The molecule has 1 aromatic carbocycles. The number of aromatic nitrogens is 2. The SMILES string of the molecule is CCOC(=O)N1CC[C@H](NCc2cnn(-c3cccc(F)c3)c2)C1. The van der Waals surface area contributed by atoms with Crippen molar-refractivity contribution in [2.24, 2.45) is 0 Å². The van der Waals surface area contributed by atoms with Crippen molar-refractivity contribution < 1.29 is 13.9 Å². The molecule has 0 spiro atoms. The molecule has 1 aliphatic heterocycles. The van der Waals surface area contributed by atoms with E-state index in [1.807, 2.05) is 12.3 Å². The molecule has 2 heterocycles. The quantitative estimate of drug-likeness (QED) is 0.913. The van der Waals surface area contributed by atoms with Gasteiger partial charge in [0.2, 0.25) is 0 Å². The number of hydrogen-bond acceptors (Lipinski definition) is 4. The number of halogens is 1. The minimum absolute atomic E-state index is 0.243. The van der Waals surface area contributed by atoms with E-state index in [-0.39, 0.29) is 18.0 Å². The number of rotatable bonds is 5. The smallest absolute Gasteiger partial charge is 0.409 e. The summed E-state index contributed by atoms with van der Waals surface area (Å²) in [4.78, 5) is 13.4. The summed E-state index contributed by atoms with van der Waals surface area (Å²) in [6.07, 6.45) is 4.29. The third-order valence-corrected chi connectivity index (χ3v) is 4.02. The fourth-order valence-corrected chi connectivity index (χ4v) is 2.78. The van der Waals surface area contributed by atoms with Crippen molar-refractivity contribution in [3.8, 4) is 5.69 Å². The third kappa shape index (κ3) is 3.91. The lowest BCUT2D eigenvalue weighted by Crippen LogP contribution is -2.35. The molecule has 2 aromatic rings. The molecule has 7 heteroatoms. The van der Waals surface area contributed by atoms with Crippen LogP contribution in [0.2, 0.25) is 0 Å². The molecule has 1 aromatic heterocycles. The lowest BCUT2D eigenvalue weighted by molar-refractivity contribution is 0.115. The Morgan fingerprint density at radius 1 is 1.50 bits per heavy atom. The van der Waals surface area contributed by atoms with Gasteiger partial charge >= 0.3 is 6.09 Å². The molecule has 3 rings (SSSR count). The van der Waals surface area contributed by atoms with Crippen LogP contribution < -0.4 is 5.32 Å². The van der Waals surface area contributed by atoms with Crippen LogP contribution in [0.4, 0.5) is 9.18 Å². The van der Waals surface area contributed by atoms with Crippen molar-refractivity contribution in [2.75, 3.05) is 19.7 Å². The highest BCUT2D eigenvalue weighted by Crippen LogP contribution is 2.13. The Kier molecular flexibility index (Phi) is 5.10. The maximum Gasteiger partial charge on any atom is 0.409 e. The number of carbonyl (C=O) groups is 1. The molecule has 1 atom stereocenters. The zero-order valence-corrected chi connectivity index (χ0v) is 13.6. The second-order valence-electron chi connectivity index (χ2n) is 5.78. The first-order chi connectivity index (χ1) is 11.7. The molecule has 0 unspecified atom stereocenters. The van der Waals surface area contributed by atoms with Gasteiger partial charge in [0.1, 0.15) is 5.82 Å². The zero-order chi connectivity index (χ0) is 16.9. The molecule has 0 aliphatic carbocycles. The Hall–Kier alpha value is -2.41. The number of nitrogens with one attached hydrogen (secondary N) is 1. The van der Waals surface area contributed by atoms with Crippen molar-refractivity contribution in [2.45, 2.75) is 25.9 Å². The minimum atomic E-state index is -0.285. The fraction of sp³-hybridized carbons (Fsp3) is 0.412. The Bertz CT molecular complexity index is 703. The molecule has 0 radical (unpaired) electrons. The van der Waals surface area contributed by atoms with Crippen LogP contribution in [0.5, 0.6) is 0 Å². The van der Waals surface area contributed by atoms with Crippen LogP contribution in [0.3, 0.4) is 0 Å². The predicted octanol–water partition coefficient (Wildman–Crippen LogP) is 2.33. The molecule has 1 N–H and O–H groups in total. The van der Waals surface area contributed by atoms with Crippen molar-refractivity contribution in [1.29, 1.82) is 0 Å². The van der Waals surface area contributed by atoms with E-state index in [4.69, 9.17) is 4.74 Å². The molecule has 1 saturated heterocycles. The molecular formula is C17H21FN4O2. The van der Waals surface area contributed by atoms with Crippen molar-refractivity contribution in [3.05, 3.63) is 48.0 Å². The summed E-state index contributed by atoms with van der Waals surface area (Å²) < 4.78 is 19.9. The summed E-state index contributed by atoms with van der Waals surface area (Å²) in [5.41, 5.74) is 1.70. The maximum absolute atomic E-state index is 13.3. The Balaban J connectivity index is 1.52. The number of benzene rings is 1. The van der Waals surface area contributed by atoms with Crippen LogP contribution in [-0.4, -0.2) is 46.5 Å². The molecule has 1 fully saturated rings. The summed E-state index contributed by atoms with van der Waals surface area (Å²) in [5.74, 6) is -0.285. The first-order valence-corrected chi connectivity index (χ1v) is 8.10. The van der Waals surface area contributed by atoms with Gasteiger partial charge < -0.3 is 15.0 Å². The average molecular weight is 332 g/mol. The maximum atomic E-state index is 13.3. The summed E-state index contributed by atoms with van der Waals surface area (Å²) in [6, 6.07) is 6.56. The number of nitrogens with zero attached hydrogens (tertiary/aromatic N) is 3. The fourth-order valence-electron chi connectivity index (χ4n) is 2.78. The Morgan fingerprint density at radius 3 is 3.17 bits per heavy atom. The predicted molar refractivity (Wildman–Crippen MR) is 87.4 cm³/mol. The number of ether oxygens (including phenoxy) is 1. The highest BCUT2D eigenvalue weighted by molar-refractivity contribution is 5.68. The zero-order valence-electron chi connectivity index (χ0n) is 13.6. The lowest BCUT2D eigenvalue weighted by Gasteiger charge is -2.16. The summed E-state index contributed by atoms with van der Waals surface area (Å²) in [6.45, 7) is 4.21. The topological polar surface area (TPSA) is 59.4 Å². The molecule has 1 amide bonds. The van der Waals surface area contributed by atoms with E-state index in [0.717, 1.165) is 12.0 Å². The van der Waals surface area contributed by atoms with Crippen molar-refractivity contribution in [3.63, 3.8) is 0 Å². The summed E-state index contributed by atoms with van der Waals surface area (Å²) >= 11 is 0. The van der Waals surface area contributed by atoms with E-state index in [2.05, 4.69) is 10.4 Å². The second kappa shape index (κ2) is 7.44. The molecule has 0 bridgehead atoms. The molecule has 0 saturated carbocycles. The molecule has 6 nitrogen and oxygen atoms in total. The number of carbonyl (C=O) groups excluding carboxylic acids is 1. The van der Waals surface area contributed by atoms with E-state index < -0.39 is 0 Å². The second-order valence-corrected chi connectivity index (χ2v) is 5.78. The molecular weight excluding hydrogens is 311 g/mol. The van der Waals surface area contributed by atoms with Crippen LogP contribution in [0, 0.1) is 5.82 Å². The standard InChI is InChI=1S/C17H21FN4O2/c1-2-24-17(23)21-7-6-15(12-21)19-9-13-10-20-22(11-13)16-5-3-4-14(18)8-16/h3-5,8,10-11,15,19H,2,6-7,9,12H2,1H3/t15-/m0/s1. The van der Waals surface area contributed by atoms with Gasteiger partial charge in [0.25, 0.3) is 0 Å². The van der Waals surface area contributed by atoms with Crippen LogP contribution in [-0.2, 0) is 11.3 Å². The number of likely N-dealkylation sites (tertiary alicyclic amines) is 1. The van der Waals surface area contributed by atoms with E-state index in [0.29, 0.717) is 31.9 Å². The monoisotopic (exact) mass is 332 g/mol. The Morgan fingerprint density at radius 2 is 2.38 bits per heavy atom. The van der Waals surface area contributed by atoms with Gasteiger partial charge in [-0.2, -0.15) is 5.10 Å². The third-order valence-electron chi connectivity index (χ3n) is 4.02. The van der Waals surface area contributed by atoms with Crippen LogP contribution in [0.25, 0.3) is 5.69 Å². The molecule has 128 valence electrons. The lowest BCUT2D eigenvalue weighted by atomic mass is 10.2. The van der Waals surface area contributed by atoms with Crippen LogP contribution in [0.15, 0.2) is 36.7 Å². The normalized spacial score (nSPS) is 17.2. The van der Waals surface area contributed by atoms with Crippen LogP contribution >= 0.6 is 0 Å². The largest absolute Gasteiger partial charge is 0.450 e. The van der Waals surface area contributed by atoms with Crippen LogP contribution in [0.1, 0.15) is 18.9 Å². The van der Waals surface area contributed by atoms with E-state index >= 15 is 0 Å². The molecule has 1 aliphatic rings. The first kappa shape index (κ1) is 16.4. The number of amides is 1. The minimum Gasteiger partial charge on any atom is -0.450 e. The van der Waals surface area contributed by atoms with Crippen molar-refractivity contribution >= 4 is 6.09 Å². The van der Waals surface area contributed by atoms with Gasteiger partial charge in [-0.05, 0) is 31.5 Å². The van der Waals surface area contributed by atoms with E-state index in [9.17, 15) is 9.18 Å². The van der Waals surface area contributed by atoms with Gasteiger partial charge in [-0.1, -0.05) is 6.07 Å². The van der Waals surface area contributed by atoms with Gasteiger partial charge in [-0.3, -0.25) is 0 Å². The van der Waals surface area contributed by atoms with Gasteiger partial charge in [-0.15, -0.1) is 0 Å². The van der Waals surface area contributed by atoms with Gasteiger partial charge in [0.05, 0.1) is 18.5 Å². The van der Waals surface area contributed by atoms with E-state index in [1.165, 1.54) is 12.1 Å². The molecule has 24 heavy (non-hydrogen) atoms. The van der Waals surface area contributed by atoms with Gasteiger partial charge in [-0.25, -0.2) is 13.9 Å². The first-order valence-electron chi connectivity index (χ1n) is 8.10. The van der Waals surface area contributed by atoms with E-state index in [1.54, 1.807) is 28.8 Å². The van der Waals surface area contributed by atoms with Gasteiger partial charge in [0, 0.05) is 37.4 Å². The van der Waals surface area contributed by atoms with Crippen molar-refractivity contribution in [1.82, 2.24) is 20.0 Å².